The fraction of sp³-hybridized carbons (Fsp3) is 0.769. The van der Waals surface area contributed by atoms with Gasteiger partial charge >= 0.3 is 12.0 Å². The van der Waals surface area contributed by atoms with Crippen molar-refractivity contribution in [1.82, 2.24) is 15.1 Å². The molecule has 3 saturated heterocycles. The monoisotopic (exact) mass is 297 g/mol. The highest BCUT2D eigenvalue weighted by atomic mass is 16.4. The minimum Gasteiger partial charge on any atom is -0.480 e. The second-order valence-corrected chi connectivity index (χ2v) is 5.93. The number of aliphatic hydroxyl groups is 1. The summed E-state index contributed by atoms with van der Waals surface area (Å²) in [7, 11) is 0. The quantitative estimate of drug-likeness (QED) is 0.565. The van der Waals surface area contributed by atoms with Gasteiger partial charge in [0, 0.05) is 26.1 Å². The number of amides is 3. The van der Waals surface area contributed by atoms with Gasteiger partial charge in [-0.3, -0.25) is 4.79 Å². The smallest absolute Gasteiger partial charge is 0.326 e. The Labute approximate surface area is 121 Å². The zero-order chi connectivity index (χ0) is 15.1. The molecule has 116 valence electrons. The van der Waals surface area contributed by atoms with E-state index in [1.807, 2.05) is 0 Å². The number of likely N-dealkylation sites (tertiary alicyclic amines) is 2. The lowest BCUT2D eigenvalue weighted by molar-refractivity contribution is -0.141. The highest BCUT2D eigenvalue weighted by Gasteiger charge is 2.47. The number of β-amino-alcohol motifs (C(OH)–C–C–N with tert-alkyl or cyclic N) is 1. The fourth-order valence-corrected chi connectivity index (χ4v) is 3.61. The van der Waals surface area contributed by atoms with Gasteiger partial charge in [0.15, 0.2) is 0 Å². The van der Waals surface area contributed by atoms with Crippen molar-refractivity contribution in [2.75, 3.05) is 19.6 Å². The maximum absolute atomic E-state index is 12.6. The minimum atomic E-state index is -1.10. The van der Waals surface area contributed by atoms with E-state index in [-0.39, 0.29) is 36.9 Å². The van der Waals surface area contributed by atoms with Crippen molar-refractivity contribution in [2.24, 2.45) is 5.92 Å². The molecule has 0 aromatic rings. The van der Waals surface area contributed by atoms with Crippen molar-refractivity contribution in [2.45, 2.75) is 37.5 Å². The summed E-state index contributed by atoms with van der Waals surface area (Å²) < 4.78 is 0. The maximum atomic E-state index is 12.6. The molecule has 3 aliphatic rings. The Morgan fingerprint density at radius 3 is 2.76 bits per heavy atom. The molecular formula is C13H19N3O5. The third-order valence-corrected chi connectivity index (χ3v) is 4.66. The van der Waals surface area contributed by atoms with E-state index in [0.717, 1.165) is 12.8 Å². The third-order valence-electron chi connectivity index (χ3n) is 4.66. The number of aliphatic carboxylic acids is 1. The first-order valence-corrected chi connectivity index (χ1v) is 7.25. The van der Waals surface area contributed by atoms with Crippen LogP contribution in [0, 0.1) is 5.92 Å². The Morgan fingerprint density at radius 2 is 2.05 bits per heavy atom. The van der Waals surface area contributed by atoms with E-state index in [1.165, 1.54) is 4.90 Å². The predicted molar refractivity (Wildman–Crippen MR) is 70.4 cm³/mol. The molecule has 0 radical (unpaired) electrons. The first-order chi connectivity index (χ1) is 9.99. The summed E-state index contributed by atoms with van der Waals surface area (Å²) in [6.45, 7) is 0.975. The Hall–Kier alpha value is -1.83. The van der Waals surface area contributed by atoms with Gasteiger partial charge in [-0.2, -0.15) is 0 Å². The fourth-order valence-electron chi connectivity index (χ4n) is 3.61. The van der Waals surface area contributed by atoms with Crippen LogP contribution in [0.3, 0.4) is 0 Å². The Bertz CT molecular complexity index is 482. The molecule has 0 spiro atoms. The maximum Gasteiger partial charge on any atom is 0.326 e. The van der Waals surface area contributed by atoms with E-state index in [1.54, 1.807) is 4.90 Å². The number of urea groups is 1. The number of fused-ring (bicyclic) bond motifs is 1. The number of aliphatic hydroxyl groups excluding tert-OH is 1. The molecule has 3 aliphatic heterocycles. The van der Waals surface area contributed by atoms with Crippen LogP contribution in [-0.4, -0.2) is 75.7 Å². The molecule has 3 rings (SSSR count). The van der Waals surface area contributed by atoms with Crippen LogP contribution in [0.2, 0.25) is 0 Å². The molecule has 21 heavy (non-hydrogen) atoms. The zero-order valence-corrected chi connectivity index (χ0v) is 11.6. The lowest BCUT2D eigenvalue weighted by Gasteiger charge is -2.39. The Balaban J connectivity index is 1.78. The molecular weight excluding hydrogens is 278 g/mol. The van der Waals surface area contributed by atoms with Crippen LogP contribution in [0.15, 0.2) is 0 Å². The number of piperidine rings is 1. The van der Waals surface area contributed by atoms with Crippen molar-refractivity contribution >= 4 is 17.9 Å². The lowest BCUT2D eigenvalue weighted by atomic mass is 9.92. The number of carbonyl (C=O) groups is 3. The SMILES string of the molecule is O=C1NCC2C1CCCN2C(=O)N1C[C@H](O)C[C@H]1C(=O)O. The van der Waals surface area contributed by atoms with Crippen LogP contribution in [0.4, 0.5) is 4.79 Å². The van der Waals surface area contributed by atoms with Gasteiger partial charge in [0.25, 0.3) is 0 Å². The third kappa shape index (κ3) is 2.33. The van der Waals surface area contributed by atoms with Crippen LogP contribution in [0.1, 0.15) is 19.3 Å². The van der Waals surface area contributed by atoms with Crippen molar-refractivity contribution in [3.8, 4) is 0 Å². The predicted octanol–water partition coefficient (Wildman–Crippen LogP) is -1.16. The zero-order valence-electron chi connectivity index (χ0n) is 11.6. The van der Waals surface area contributed by atoms with E-state index in [2.05, 4.69) is 5.32 Å². The molecule has 0 saturated carbocycles. The lowest BCUT2D eigenvalue weighted by Crippen LogP contribution is -2.55. The van der Waals surface area contributed by atoms with Crippen molar-refractivity contribution in [1.29, 1.82) is 0 Å². The van der Waals surface area contributed by atoms with Crippen LogP contribution < -0.4 is 5.32 Å². The van der Waals surface area contributed by atoms with E-state index in [4.69, 9.17) is 0 Å². The summed E-state index contributed by atoms with van der Waals surface area (Å²) in [5, 5.41) is 21.6. The topological polar surface area (TPSA) is 110 Å². The summed E-state index contributed by atoms with van der Waals surface area (Å²) in [5.41, 5.74) is 0. The van der Waals surface area contributed by atoms with Crippen molar-refractivity contribution in [3.05, 3.63) is 0 Å². The van der Waals surface area contributed by atoms with E-state index in [0.29, 0.717) is 13.1 Å². The summed E-state index contributed by atoms with van der Waals surface area (Å²) in [6, 6.07) is -1.57. The highest BCUT2D eigenvalue weighted by Crippen LogP contribution is 2.30. The molecule has 3 amide bonds. The normalized spacial score (nSPS) is 35.6. The number of carboxylic acid groups (broad SMARTS) is 1. The molecule has 2 unspecified atom stereocenters. The summed E-state index contributed by atoms with van der Waals surface area (Å²) in [6.07, 6.45) is 0.735. The van der Waals surface area contributed by atoms with Crippen molar-refractivity contribution < 1.29 is 24.6 Å². The van der Waals surface area contributed by atoms with Gasteiger partial charge < -0.3 is 25.3 Å². The molecule has 0 aromatic carbocycles. The second kappa shape index (κ2) is 5.18. The van der Waals surface area contributed by atoms with Crippen molar-refractivity contribution in [3.63, 3.8) is 0 Å². The van der Waals surface area contributed by atoms with Crippen LogP contribution in [-0.2, 0) is 9.59 Å². The average molecular weight is 297 g/mol. The highest BCUT2D eigenvalue weighted by molar-refractivity contribution is 5.86. The minimum absolute atomic E-state index is 0.0328. The number of carbonyl (C=O) groups excluding carboxylic acids is 2. The van der Waals surface area contributed by atoms with Gasteiger partial charge in [-0.1, -0.05) is 0 Å². The number of nitrogens with one attached hydrogen (secondary N) is 1. The van der Waals surface area contributed by atoms with Gasteiger partial charge in [0.1, 0.15) is 6.04 Å². The van der Waals surface area contributed by atoms with Gasteiger partial charge in [0.05, 0.1) is 18.1 Å². The summed E-state index contributed by atoms with van der Waals surface area (Å²) in [4.78, 5) is 38.4. The van der Waals surface area contributed by atoms with Gasteiger partial charge in [-0.15, -0.1) is 0 Å². The summed E-state index contributed by atoms with van der Waals surface area (Å²) in [5.74, 6) is -1.33. The molecule has 3 heterocycles. The number of carboxylic acids is 1. The number of nitrogens with zero attached hydrogens (tertiary/aromatic N) is 2. The summed E-state index contributed by atoms with van der Waals surface area (Å²) >= 11 is 0. The second-order valence-electron chi connectivity index (χ2n) is 5.93. The standard InChI is InChI=1S/C13H19N3O5/c17-7-4-9(12(19)20)16(6-7)13(21)15-3-1-2-8-10(15)5-14-11(8)18/h7-10,17H,1-6H2,(H,14,18)(H,19,20)/t7-,8?,9+,10?/m1/s1. The number of rotatable bonds is 1. The molecule has 8 heteroatoms. The molecule has 3 N–H and O–H groups in total. The number of hydrogen-bond donors (Lipinski definition) is 3. The van der Waals surface area contributed by atoms with E-state index in [9.17, 15) is 24.6 Å². The van der Waals surface area contributed by atoms with Gasteiger partial charge in [-0.25, -0.2) is 9.59 Å². The molecule has 0 aromatic heterocycles. The largest absolute Gasteiger partial charge is 0.480 e. The van der Waals surface area contributed by atoms with Gasteiger partial charge in [0.2, 0.25) is 5.91 Å². The Kier molecular flexibility index (Phi) is 3.48. The van der Waals surface area contributed by atoms with E-state index >= 15 is 0 Å². The number of hydrogen-bond acceptors (Lipinski definition) is 4. The first-order valence-electron chi connectivity index (χ1n) is 7.25. The molecule has 8 nitrogen and oxygen atoms in total. The molecule has 0 bridgehead atoms. The Morgan fingerprint density at radius 1 is 1.29 bits per heavy atom. The van der Waals surface area contributed by atoms with E-state index < -0.39 is 18.1 Å². The molecule has 4 atom stereocenters. The average Bonchev–Trinajstić information content (AvgIpc) is 3.02. The molecule has 0 aliphatic carbocycles. The van der Waals surface area contributed by atoms with Crippen LogP contribution in [0.25, 0.3) is 0 Å². The van der Waals surface area contributed by atoms with Crippen LogP contribution >= 0.6 is 0 Å². The van der Waals surface area contributed by atoms with Crippen LogP contribution in [0.5, 0.6) is 0 Å². The molecule has 3 fully saturated rings. The first kappa shape index (κ1) is 14.1. The van der Waals surface area contributed by atoms with Gasteiger partial charge in [-0.05, 0) is 12.8 Å².